The lowest BCUT2D eigenvalue weighted by Crippen LogP contribution is -2.03. The highest BCUT2D eigenvalue weighted by molar-refractivity contribution is 5.74. The molecule has 2 aromatic rings. The van der Waals surface area contributed by atoms with Gasteiger partial charge in [0.15, 0.2) is 0 Å². The summed E-state index contributed by atoms with van der Waals surface area (Å²) in [6.45, 7) is -0.217. The summed E-state index contributed by atoms with van der Waals surface area (Å²) >= 11 is 0. The predicted molar refractivity (Wildman–Crippen MR) is 56.3 cm³/mol. The van der Waals surface area contributed by atoms with Gasteiger partial charge in [-0.3, -0.25) is 4.79 Å². The average molecular weight is 200 g/mol. The summed E-state index contributed by atoms with van der Waals surface area (Å²) in [5.41, 5.74) is 1.38. The second-order valence-electron chi connectivity index (χ2n) is 2.89. The van der Waals surface area contributed by atoms with Crippen LogP contribution in [0, 0.1) is 11.8 Å². The van der Waals surface area contributed by atoms with E-state index in [-0.39, 0.29) is 12.0 Å². The number of aromatic nitrogens is 2. The molecule has 0 fully saturated rings. The van der Waals surface area contributed by atoms with Crippen LogP contribution in [0.2, 0.25) is 0 Å². The van der Waals surface area contributed by atoms with Gasteiger partial charge < -0.3 is 10.1 Å². The smallest absolute Gasteiger partial charge is 0.207 e. The quantitative estimate of drug-likeness (QED) is 0.600. The van der Waals surface area contributed by atoms with Gasteiger partial charge in [-0.2, -0.15) is 0 Å². The molecule has 74 valence electrons. The molecule has 0 bridgehead atoms. The molecule has 0 aliphatic carbocycles. The number of fused-ring (bicyclic) bond motifs is 1. The van der Waals surface area contributed by atoms with Crippen LogP contribution in [0.1, 0.15) is 5.69 Å². The van der Waals surface area contributed by atoms with Crippen molar-refractivity contribution in [2.75, 3.05) is 6.61 Å². The number of nitrogens with zero attached hydrogens (tertiary/aromatic N) is 1. The van der Waals surface area contributed by atoms with Crippen LogP contribution in [0.25, 0.3) is 11.0 Å². The zero-order chi connectivity index (χ0) is 10.7. The maximum absolute atomic E-state index is 11.4. The normalized spacial score (nSPS) is 9.67. The Morgan fingerprint density at radius 3 is 3.07 bits per heavy atom. The predicted octanol–water partition coefficient (Wildman–Crippen LogP) is 0.267. The van der Waals surface area contributed by atoms with Crippen LogP contribution in [0.4, 0.5) is 0 Å². The lowest BCUT2D eigenvalue weighted by atomic mass is 10.3. The molecular formula is C11H8N2O2. The van der Waals surface area contributed by atoms with Crippen molar-refractivity contribution in [3.8, 4) is 11.8 Å². The van der Waals surface area contributed by atoms with E-state index in [4.69, 9.17) is 5.11 Å². The van der Waals surface area contributed by atoms with E-state index < -0.39 is 0 Å². The van der Waals surface area contributed by atoms with Crippen LogP contribution in [0.3, 0.4) is 0 Å². The molecular weight excluding hydrogens is 192 g/mol. The van der Waals surface area contributed by atoms with Crippen molar-refractivity contribution < 1.29 is 5.11 Å². The first-order chi connectivity index (χ1) is 7.31. The van der Waals surface area contributed by atoms with Crippen molar-refractivity contribution in [1.82, 2.24) is 9.97 Å². The highest BCUT2D eigenvalue weighted by Crippen LogP contribution is 2.03. The molecule has 0 saturated heterocycles. The van der Waals surface area contributed by atoms with Crippen molar-refractivity contribution >= 4 is 11.0 Å². The summed E-state index contributed by atoms with van der Waals surface area (Å²) in [4.78, 5) is 18.4. The van der Waals surface area contributed by atoms with Gasteiger partial charge in [-0.15, -0.1) is 0 Å². The molecule has 0 aromatic carbocycles. The Labute approximate surface area is 85.6 Å². The molecule has 0 atom stereocenters. The van der Waals surface area contributed by atoms with E-state index in [9.17, 15) is 4.79 Å². The van der Waals surface area contributed by atoms with Crippen LogP contribution < -0.4 is 5.43 Å². The molecule has 0 aliphatic heterocycles. The zero-order valence-electron chi connectivity index (χ0n) is 7.82. The largest absolute Gasteiger partial charge is 0.384 e. The fraction of sp³-hybridized carbons (Fsp3) is 0.0909. The summed E-state index contributed by atoms with van der Waals surface area (Å²) in [5.74, 6) is 5.13. The van der Waals surface area contributed by atoms with Crippen LogP contribution in [-0.2, 0) is 0 Å². The second-order valence-corrected chi connectivity index (χ2v) is 2.89. The van der Waals surface area contributed by atoms with Crippen molar-refractivity contribution in [3.05, 3.63) is 40.3 Å². The van der Waals surface area contributed by atoms with Crippen molar-refractivity contribution in [1.29, 1.82) is 0 Å². The minimum atomic E-state index is -0.217. The van der Waals surface area contributed by atoms with E-state index in [0.29, 0.717) is 16.7 Å². The lowest BCUT2D eigenvalue weighted by molar-refractivity contribution is 0.350. The third kappa shape index (κ3) is 1.87. The first-order valence-corrected chi connectivity index (χ1v) is 4.39. The van der Waals surface area contributed by atoms with Gasteiger partial charge in [0.05, 0.1) is 5.52 Å². The van der Waals surface area contributed by atoms with Crippen LogP contribution >= 0.6 is 0 Å². The van der Waals surface area contributed by atoms with Crippen molar-refractivity contribution in [2.45, 2.75) is 0 Å². The molecule has 2 N–H and O–H groups in total. The minimum Gasteiger partial charge on any atom is -0.384 e. The molecule has 0 unspecified atom stereocenters. The van der Waals surface area contributed by atoms with E-state index in [1.807, 2.05) is 0 Å². The Hall–Kier alpha value is -2.12. The van der Waals surface area contributed by atoms with Crippen molar-refractivity contribution in [2.24, 2.45) is 0 Å². The molecule has 0 aliphatic rings. The van der Waals surface area contributed by atoms with Gasteiger partial charge in [0.2, 0.25) is 5.43 Å². The maximum atomic E-state index is 11.4. The summed E-state index contributed by atoms with van der Waals surface area (Å²) < 4.78 is 0. The zero-order valence-corrected chi connectivity index (χ0v) is 7.82. The standard InChI is InChI=1S/C11H8N2O2/c14-7-1-2-8-3-4-9-11(13-8)10(15)5-6-12-9/h3-6,14H,7H2,(H,12,15). The summed E-state index contributed by atoms with van der Waals surface area (Å²) in [5, 5.41) is 8.53. The third-order valence-corrected chi connectivity index (χ3v) is 1.90. The SMILES string of the molecule is O=c1cc[nH]c2ccc(C#CCO)nc12. The first-order valence-electron chi connectivity index (χ1n) is 4.39. The van der Waals surface area contributed by atoms with Gasteiger partial charge in [-0.05, 0) is 18.1 Å². The number of hydrogen-bond acceptors (Lipinski definition) is 3. The Bertz CT molecular complexity index is 605. The van der Waals surface area contributed by atoms with Crippen LogP contribution in [-0.4, -0.2) is 21.7 Å². The summed E-state index contributed by atoms with van der Waals surface area (Å²) in [6.07, 6.45) is 1.57. The Morgan fingerprint density at radius 2 is 2.27 bits per heavy atom. The van der Waals surface area contributed by atoms with Crippen LogP contribution in [0.15, 0.2) is 29.2 Å². The number of H-pyrrole nitrogens is 1. The molecule has 0 amide bonds. The molecule has 0 spiro atoms. The van der Waals surface area contributed by atoms with Gasteiger partial charge >= 0.3 is 0 Å². The Balaban J connectivity index is 2.65. The van der Waals surface area contributed by atoms with Gasteiger partial charge in [-0.1, -0.05) is 5.92 Å². The van der Waals surface area contributed by atoms with E-state index in [1.54, 1.807) is 18.3 Å². The Kier molecular flexibility index (Phi) is 2.48. The van der Waals surface area contributed by atoms with E-state index in [0.717, 1.165) is 0 Å². The number of nitrogens with one attached hydrogen (secondary N) is 1. The molecule has 2 heterocycles. The number of aliphatic hydroxyl groups is 1. The molecule has 2 aromatic heterocycles. The molecule has 4 heteroatoms. The fourth-order valence-electron chi connectivity index (χ4n) is 1.25. The highest BCUT2D eigenvalue weighted by atomic mass is 16.2. The monoisotopic (exact) mass is 200 g/mol. The maximum Gasteiger partial charge on any atom is 0.207 e. The summed E-state index contributed by atoms with van der Waals surface area (Å²) in [6, 6.07) is 4.85. The number of aromatic amines is 1. The number of aliphatic hydroxyl groups excluding tert-OH is 1. The second kappa shape index (κ2) is 3.95. The Morgan fingerprint density at radius 1 is 1.40 bits per heavy atom. The minimum absolute atomic E-state index is 0.142. The third-order valence-electron chi connectivity index (χ3n) is 1.90. The summed E-state index contributed by atoms with van der Waals surface area (Å²) in [7, 11) is 0. The topological polar surface area (TPSA) is 66.0 Å². The number of rotatable bonds is 0. The van der Waals surface area contributed by atoms with E-state index >= 15 is 0 Å². The molecule has 2 rings (SSSR count). The van der Waals surface area contributed by atoms with Crippen molar-refractivity contribution in [3.63, 3.8) is 0 Å². The van der Waals surface area contributed by atoms with Gasteiger partial charge in [0.1, 0.15) is 17.8 Å². The van der Waals surface area contributed by atoms with Crippen LogP contribution in [0.5, 0.6) is 0 Å². The highest BCUT2D eigenvalue weighted by Gasteiger charge is 1.99. The number of pyridine rings is 2. The van der Waals surface area contributed by atoms with Gasteiger partial charge in [-0.25, -0.2) is 4.98 Å². The van der Waals surface area contributed by atoms with Gasteiger partial charge in [0, 0.05) is 12.3 Å². The molecule has 15 heavy (non-hydrogen) atoms. The lowest BCUT2D eigenvalue weighted by Gasteiger charge is -1.95. The number of hydrogen-bond donors (Lipinski definition) is 2. The van der Waals surface area contributed by atoms with Gasteiger partial charge in [0.25, 0.3) is 0 Å². The first kappa shape index (κ1) is 9.44. The van der Waals surface area contributed by atoms with E-state index in [1.165, 1.54) is 6.07 Å². The van der Waals surface area contributed by atoms with E-state index in [2.05, 4.69) is 21.8 Å². The molecule has 4 nitrogen and oxygen atoms in total. The molecule has 0 saturated carbocycles. The fourth-order valence-corrected chi connectivity index (χ4v) is 1.25. The average Bonchev–Trinajstić information content (AvgIpc) is 2.27. The molecule has 0 radical (unpaired) electrons.